The number of ether oxygens (including phenoxy) is 1. The minimum atomic E-state index is 0.0487. The highest BCUT2D eigenvalue weighted by molar-refractivity contribution is 7.98. The molecule has 0 aromatic heterocycles. The van der Waals surface area contributed by atoms with Gasteiger partial charge < -0.3 is 10.5 Å². The van der Waals surface area contributed by atoms with Gasteiger partial charge in [0.1, 0.15) is 11.9 Å². The fourth-order valence-corrected chi connectivity index (χ4v) is 1.81. The monoisotopic (exact) mass is 239 g/mol. The number of hydrogen-bond donors (Lipinski definition) is 1. The first-order valence-corrected chi connectivity index (χ1v) is 6.70. The summed E-state index contributed by atoms with van der Waals surface area (Å²) in [6.45, 7) is 6.95. The third-order valence-electron chi connectivity index (χ3n) is 2.52. The molecular formula is C13H21NOS. The molecule has 1 aromatic carbocycles. The van der Waals surface area contributed by atoms with Crippen molar-refractivity contribution in [3.63, 3.8) is 0 Å². The van der Waals surface area contributed by atoms with Crippen molar-refractivity contribution < 1.29 is 4.74 Å². The minimum absolute atomic E-state index is 0.0487. The first-order valence-electron chi connectivity index (χ1n) is 5.48. The van der Waals surface area contributed by atoms with Crippen LogP contribution in [0.2, 0.25) is 0 Å². The Balaban J connectivity index is 2.71. The summed E-state index contributed by atoms with van der Waals surface area (Å²) in [4.78, 5) is 1.24. The summed E-state index contributed by atoms with van der Waals surface area (Å²) in [6.07, 6.45) is 2.11. The van der Waals surface area contributed by atoms with Crippen LogP contribution in [0.15, 0.2) is 29.2 Å². The Morgan fingerprint density at radius 3 is 2.19 bits per heavy atom. The molecule has 3 heteroatoms. The van der Waals surface area contributed by atoms with Gasteiger partial charge >= 0.3 is 0 Å². The summed E-state index contributed by atoms with van der Waals surface area (Å²) in [5, 5.41) is 0. The zero-order chi connectivity index (χ0) is 12.2. The van der Waals surface area contributed by atoms with E-state index in [0.717, 1.165) is 5.75 Å². The number of rotatable bonds is 4. The molecule has 0 saturated carbocycles. The fourth-order valence-electron chi connectivity index (χ4n) is 1.40. The second-order valence-electron chi connectivity index (χ2n) is 4.88. The molecule has 0 aliphatic carbocycles. The van der Waals surface area contributed by atoms with Gasteiger partial charge in [-0.05, 0) is 30.5 Å². The van der Waals surface area contributed by atoms with Crippen molar-refractivity contribution in [2.45, 2.75) is 31.8 Å². The normalized spacial score (nSPS) is 13.6. The maximum absolute atomic E-state index is 5.89. The summed E-state index contributed by atoms with van der Waals surface area (Å²) in [7, 11) is 0. The number of hydrogen-bond acceptors (Lipinski definition) is 3. The van der Waals surface area contributed by atoms with Crippen LogP contribution in [0, 0.1) is 5.41 Å². The van der Waals surface area contributed by atoms with E-state index in [1.54, 1.807) is 11.8 Å². The average Bonchev–Trinajstić information content (AvgIpc) is 2.25. The number of nitrogens with two attached hydrogens (primary N) is 1. The maximum Gasteiger partial charge on any atom is 0.119 e. The molecule has 0 amide bonds. The van der Waals surface area contributed by atoms with Crippen molar-refractivity contribution in [1.29, 1.82) is 0 Å². The van der Waals surface area contributed by atoms with Gasteiger partial charge in [-0.2, -0.15) is 0 Å². The van der Waals surface area contributed by atoms with E-state index in [0.29, 0.717) is 6.54 Å². The van der Waals surface area contributed by atoms with Crippen LogP contribution in [-0.2, 0) is 0 Å². The van der Waals surface area contributed by atoms with Crippen molar-refractivity contribution in [1.82, 2.24) is 0 Å². The molecule has 1 aromatic rings. The van der Waals surface area contributed by atoms with E-state index in [9.17, 15) is 0 Å². The second kappa shape index (κ2) is 5.60. The third-order valence-corrected chi connectivity index (χ3v) is 3.26. The Hall–Kier alpha value is -0.670. The van der Waals surface area contributed by atoms with Gasteiger partial charge in [-0.25, -0.2) is 0 Å². The number of thioether (sulfide) groups is 1. The van der Waals surface area contributed by atoms with Gasteiger partial charge in [0.2, 0.25) is 0 Å². The first-order chi connectivity index (χ1) is 7.47. The van der Waals surface area contributed by atoms with E-state index in [-0.39, 0.29) is 11.5 Å². The van der Waals surface area contributed by atoms with Gasteiger partial charge in [-0.3, -0.25) is 0 Å². The van der Waals surface area contributed by atoms with Gasteiger partial charge in [0, 0.05) is 16.9 Å². The summed E-state index contributed by atoms with van der Waals surface area (Å²) >= 11 is 1.73. The summed E-state index contributed by atoms with van der Waals surface area (Å²) in [5.41, 5.74) is 5.80. The van der Waals surface area contributed by atoms with E-state index in [4.69, 9.17) is 10.5 Å². The lowest BCUT2D eigenvalue weighted by Gasteiger charge is -2.30. The molecule has 1 atom stereocenters. The smallest absolute Gasteiger partial charge is 0.119 e. The molecule has 0 fully saturated rings. The summed E-state index contributed by atoms with van der Waals surface area (Å²) in [6, 6.07) is 8.13. The van der Waals surface area contributed by atoms with Crippen LogP contribution in [0.4, 0.5) is 0 Å². The van der Waals surface area contributed by atoms with Crippen molar-refractivity contribution in [3.8, 4) is 5.75 Å². The molecule has 0 heterocycles. The third kappa shape index (κ3) is 3.72. The highest BCUT2D eigenvalue weighted by atomic mass is 32.2. The first kappa shape index (κ1) is 13.4. The predicted molar refractivity (Wildman–Crippen MR) is 71.1 cm³/mol. The van der Waals surface area contributed by atoms with Crippen LogP contribution >= 0.6 is 11.8 Å². The molecule has 1 unspecified atom stereocenters. The van der Waals surface area contributed by atoms with Crippen LogP contribution in [-0.4, -0.2) is 18.9 Å². The highest BCUT2D eigenvalue weighted by Crippen LogP contribution is 2.25. The van der Waals surface area contributed by atoms with E-state index in [1.807, 2.05) is 12.1 Å². The molecule has 1 rings (SSSR count). The molecule has 0 aliphatic rings. The average molecular weight is 239 g/mol. The van der Waals surface area contributed by atoms with Gasteiger partial charge in [-0.1, -0.05) is 20.8 Å². The van der Waals surface area contributed by atoms with Gasteiger partial charge in [0.15, 0.2) is 0 Å². The lowest BCUT2D eigenvalue weighted by Crippen LogP contribution is -2.38. The molecule has 0 aliphatic heterocycles. The lowest BCUT2D eigenvalue weighted by molar-refractivity contribution is 0.0941. The Morgan fingerprint density at radius 2 is 1.81 bits per heavy atom. The molecule has 0 spiro atoms. The summed E-state index contributed by atoms with van der Waals surface area (Å²) in [5.74, 6) is 0.892. The molecule has 0 saturated heterocycles. The van der Waals surface area contributed by atoms with E-state index in [2.05, 4.69) is 39.2 Å². The van der Waals surface area contributed by atoms with Crippen LogP contribution in [0.25, 0.3) is 0 Å². The Labute approximate surface area is 103 Å². The van der Waals surface area contributed by atoms with Gasteiger partial charge in [0.05, 0.1) is 0 Å². The van der Waals surface area contributed by atoms with Crippen molar-refractivity contribution in [2.75, 3.05) is 12.8 Å². The SMILES string of the molecule is CSc1ccc(OC(CN)C(C)(C)C)cc1. The molecule has 0 radical (unpaired) electrons. The number of benzene rings is 1. The Kier molecular flexibility index (Phi) is 4.69. The topological polar surface area (TPSA) is 35.2 Å². The predicted octanol–water partition coefficient (Wildman–Crippen LogP) is 3.16. The Morgan fingerprint density at radius 1 is 1.25 bits per heavy atom. The van der Waals surface area contributed by atoms with Crippen molar-refractivity contribution in [2.24, 2.45) is 11.1 Å². The molecule has 0 bridgehead atoms. The van der Waals surface area contributed by atoms with Gasteiger partial charge in [0.25, 0.3) is 0 Å². The zero-order valence-electron chi connectivity index (χ0n) is 10.5. The maximum atomic E-state index is 5.89. The fraction of sp³-hybridized carbons (Fsp3) is 0.538. The van der Waals surface area contributed by atoms with Crippen molar-refractivity contribution in [3.05, 3.63) is 24.3 Å². The lowest BCUT2D eigenvalue weighted by atomic mass is 9.89. The zero-order valence-corrected chi connectivity index (χ0v) is 11.3. The standard InChI is InChI=1S/C13H21NOS/c1-13(2,3)12(9-14)15-10-5-7-11(16-4)8-6-10/h5-8,12H,9,14H2,1-4H3. The van der Waals surface area contributed by atoms with E-state index in [1.165, 1.54) is 4.90 Å². The molecule has 16 heavy (non-hydrogen) atoms. The van der Waals surface area contributed by atoms with Crippen LogP contribution in [0.5, 0.6) is 5.75 Å². The van der Waals surface area contributed by atoms with Crippen LogP contribution in [0.1, 0.15) is 20.8 Å². The minimum Gasteiger partial charge on any atom is -0.489 e. The summed E-state index contributed by atoms with van der Waals surface area (Å²) < 4.78 is 5.89. The van der Waals surface area contributed by atoms with E-state index >= 15 is 0 Å². The van der Waals surface area contributed by atoms with Crippen molar-refractivity contribution >= 4 is 11.8 Å². The molecule has 2 N–H and O–H groups in total. The largest absolute Gasteiger partial charge is 0.489 e. The second-order valence-corrected chi connectivity index (χ2v) is 5.76. The highest BCUT2D eigenvalue weighted by Gasteiger charge is 2.24. The quantitative estimate of drug-likeness (QED) is 0.820. The molecule has 90 valence electrons. The van der Waals surface area contributed by atoms with Gasteiger partial charge in [-0.15, -0.1) is 11.8 Å². The van der Waals surface area contributed by atoms with Crippen LogP contribution in [0.3, 0.4) is 0 Å². The molecular weight excluding hydrogens is 218 g/mol. The molecule has 2 nitrogen and oxygen atoms in total. The Bertz CT molecular complexity index is 316. The van der Waals surface area contributed by atoms with Crippen LogP contribution < -0.4 is 10.5 Å². The van der Waals surface area contributed by atoms with E-state index < -0.39 is 0 Å².